The van der Waals surface area contributed by atoms with Gasteiger partial charge in [-0.3, -0.25) is 4.79 Å². The maximum atomic E-state index is 11.8. The number of pyridine rings is 1. The van der Waals surface area contributed by atoms with Crippen molar-refractivity contribution >= 4 is 22.5 Å². The van der Waals surface area contributed by atoms with E-state index in [4.69, 9.17) is 16.9 Å². The lowest BCUT2D eigenvalue weighted by Gasteiger charge is -2.05. The van der Waals surface area contributed by atoms with Gasteiger partial charge in [0.25, 0.3) is 5.56 Å². The van der Waals surface area contributed by atoms with Gasteiger partial charge in [-0.1, -0.05) is 17.7 Å². The third-order valence-electron chi connectivity index (χ3n) is 2.80. The van der Waals surface area contributed by atoms with Crippen LogP contribution in [0.1, 0.15) is 17.5 Å². The van der Waals surface area contributed by atoms with Gasteiger partial charge in [-0.15, -0.1) is 0 Å². The molecule has 86 valence electrons. The Hall–Kier alpha value is -1.79. The highest BCUT2D eigenvalue weighted by atomic mass is 35.5. The summed E-state index contributed by atoms with van der Waals surface area (Å²) in [5, 5.41) is 10.1. The fraction of sp³-hybridized carbons (Fsp3) is 0.231. The van der Waals surface area contributed by atoms with Crippen molar-refractivity contribution in [2.45, 2.75) is 19.8 Å². The molecule has 17 heavy (non-hydrogen) atoms. The average Bonchev–Trinajstić information content (AvgIpc) is 2.32. The molecule has 0 aliphatic rings. The van der Waals surface area contributed by atoms with Crippen LogP contribution in [0.5, 0.6) is 0 Å². The second kappa shape index (κ2) is 4.60. The smallest absolute Gasteiger partial charge is 0.251 e. The summed E-state index contributed by atoms with van der Waals surface area (Å²) in [7, 11) is 0. The van der Waals surface area contributed by atoms with Crippen molar-refractivity contribution in [3.63, 3.8) is 0 Å². The van der Waals surface area contributed by atoms with Crippen molar-refractivity contribution in [1.82, 2.24) is 4.98 Å². The third-order valence-corrected chi connectivity index (χ3v) is 3.21. The Morgan fingerprint density at radius 3 is 2.94 bits per heavy atom. The molecule has 2 rings (SSSR count). The van der Waals surface area contributed by atoms with Gasteiger partial charge in [-0.2, -0.15) is 5.26 Å². The van der Waals surface area contributed by atoms with E-state index in [0.717, 1.165) is 16.5 Å². The van der Waals surface area contributed by atoms with Gasteiger partial charge in [-0.05, 0) is 36.4 Å². The number of nitrogens with zero attached hydrogens (tertiary/aromatic N) is 1. The molecule has 1 aromatic carbocycles. The maximum Gasteiger partial charge on any atom is 0.251 e. The molecule has 4 heteroatoms. The summed E-state index contributed by atoms with van der Waals surface area (Å²) in [4.78, 5) is 14.6. The van der Waals surface area contributed by atoms with Crippen LogP contribution in [0.2, 0.25) is 5.02 Å². The SMILES string of the molecule is Cc1c(Cl)ccc2cc(CCC#N)c(=O)[nH]c12. The van der Waals surface area contributed by atoms with Crippen molar-refractivity contribution in [3.05, 3.63) is 44.7 Å². The first-order chi connectivity index (χ1) is 8.13. The predicted octanol–water partition coefficient (Wildman–Crippen LogP) is 2.95. The van der Waals surface area contributed by atoms with Gasteiger partial charge in [0.15, 0.2) is 0 Å². The highest BCUT2D eigenvalue weighted by Gasteiger charge is 2.06. The molecule has 0 aliphatic carbocycles. The molecule has 0 spiro atoms. The van der Waals surface area contributed by atoms with Crippen molar-refractivity contribution < 1.29 is 0 Å². The van der Waals surface area contributed by atoms with Gasteiger partial charge < -0.3 is 4.98 Å². The number of hydrogen-bond donors (Lipinski definition) is 1. The Labute approximate surface area is 104 Å². The topological polar surface area (TPSA) is 56.6 Å². The number of fused-ring (bicyclic) bond motifs is 1. The number of aryl methyl sites for hydroxylation is 2. The number of H-pyrrole nitrogens is 1. The zero-order valence-corrected chi connectivity index (χ0v) is 10.1. The molecule has 0 unspecified atom stereocenters. The molecule has 2 aromatic rings. The largest absolute Gasteiger partial charge is 0.321 e. The van der Waals surface area contributed by atoms with Crippen LogP contribution in [0.15, 0.2) is 23.0 Å². The minimum absolute atomic E-state index is 0.141. The van der Waals surface area contributed by atoms with E-state index < -0.39 is 0 Å². The zero-order valence-electron chi connectivity index (χ0n) is 9.38. The van der Waals surface area contributed by atoms with Gasteiger partial charge in [0.05, 0.1) is 11.6 Å². The quantitative estimate of drug-likeness (QED) is 0.886. The minimum atomic E-state index is -0.141. The second-order valence-electron chi connectivity index (χ2n) is 3.92. The predicted molar refractivity (Wildman–Crippen MR) is 68.2 cm³/mol. The Kier molecular flexibility index (Phi) is 3.16. The van der Waals surface area contributed by atoms with Crippen LogP contribution in [0.25, 0.3) is 10.9 Å². The molecule has 0 aliphatic heterocycles. The van der Waals surface area contributed by atoms with E-state index in [0.29, 0.717) is 23.4 Å². The highest BCUT2D eigenvalue weighted by molar-refractivity contribution is 6.32. The van der Waals surface area contributed by atoms with Gasteiger partial charge in [0, 0.05) is 17.0 Å². The first kappa shape index (κ1) is 11.7. The summed E-state index contributed by atoms with van der Waals surface area (Å²) in [5.41, 5.74) is 2.13. The third kappa shape index (κ3) is 2.17. The molecule has 0 saturated carbocycles. The molecule has 1 N–H and O–H groups in total. The van der Waals surface area contributed by atoms with E-state index in [9.17, 15) is 4.79 Å². The minimum Gasteiger partial charge on any atom is -0.321 e. The van der Waals surface area contributed by atoms with Crippen LogP contribution in [0, 0.1) is 18.3 Å². The number of benzene rings is 1. The highest BCUT2D eigenvalue weighted by Crippen LogP contribution is 2.23. The monoisotopic (exact) mass is 246 g/mol. The number of nitrogens with one attached hydrogen (secondary N) is 1. The summed E-state index contributed by atoms with van der Waals surface area (Å²) in [6.07, 6.45) is 0.824. The lowest BCUT2D eigenvalue weighted by atomic mass is 10.1. The fourth-order valence-electron chi connectivity index (χ4n) is 1.82. The maximum absolute atomic E-state index is 11.8. The Balaban J connectivity index is 2.63. The molecular weight excluding hydrogens is 236 g/mol. The fourth-order valence-corrected chi connectivity index (χ4v) is 1.97. The molecule has 0 bridgehead atoms. The lowest BCUT2D eigenvalue weighted by Crippen LogP contribution is -2.12. The lowest BCUT2D eigenvalue weighted by molar-refractivity contribution is 0.983. The standard InChI is InChI=1S/C13H11ClN2O/c1-8-11(14)5-4-9-7-10(3-2-6-15)13(17)16-12(8)9/h4-5,7H,2-3H2,1H3,(H,16,17). The summed E-state index contributed by atoms with van der Waals surface area (Å²) in [6, 6.07) is 7.55. The first-order valence-corrected chi connectivity index (χ1v) is 5.69. The zero-order chi connectivity index (χ0) is 12.4. The molecule has 0 amide bonds. The van der Waals surface area contributed by atoms with Crippen molar-refractivity contribution in [2.75, 3.05) is 0 Å². The molecule has 0 saturated heterocycles. The van der Waals surface area contributed by atoms with Crippen LogP contribution in [0.4, 0.5) is 0 Å². The van der Waals surface area contributed by atoms with E-state index in [1.165, 1.54) is 0 Å². The molecule has 0 radical (unpaired) electrons. The molecule has 1 heterocycles. The van der Waals surface area contributed by atoms with Gasteiger partial charge in [-0.25, -0.2) is 0 Å². The number of aromatic nitrogens is 1. The second-order valence-corrected chi connectivity index (χ2v) is 4.33. The number of hydrogen-bond acceptors (Lipinski definition) is 2. The van der Waals surface area contributed by atoms with Gasteiger partial charge in [0.2, 0.25) is 0 Å². The molecule has 0 fully saturated rings. The van der Waals surface area contributed by atoms with Crippen LogP contribution >= 0.6 is 11.6 Å². The number of rotatable bonds is 2. The van der Waals surface area contributed by atoms with E-state index in [-0.39, 0.29) is 5.56 Å². The van der Waals surface area contributed by atoms with Gasteiger partial charge >= 0.3 is 0 Å². The molecule has 1 aromatic heterocycles. The van der Waals surface area contributed by atoms with E-state index in [2.05, 4.69) is 4.98 Å². The van der Waals surface area contributed by atoms with E-state index in [1.807, 2.05) is 31.2 Å². The van der Waals surface area contributed by atoms with Crippen LogP contribution in [0.3, 0.4) is 0 Å². The molecule has 0 atom stereocenters. The average molecular weight is 247 g/mol. The Morgan fingerprint density at radius 2 is 2.24 bits per heavy atom. The number of halogens is 1. The Morgan fingerprint density at radius 1 is 1.47 bits per heavy atom. The van der Waals surface area contributed by atoms with E-state index in [1.54, 1.807) is 0 Å². The normalized spacial score (nSPS) is 10.4. The number of aromatic amines is 1. The van der Waals surface area contributed by atoms with Crippen molar-refractivity contribution in [2.24, 2.45) is 0 Å². The van der Waals surface area contributed by atoms with Crippen LogP contribution in [-0.2, 0) is 6.42 Å². The van der Waals surface area contributed by atoms with Gasteiger partial charge in [0.1, 0.15) is 0 Å². The van der Waals surface area contributed by atoms with Crippen molar-refractivity contribution in [3.8, 4) is 6.07 Å². The summed E-state index contributed by atoms with van der Waals surface area (Å²) < 4.78 is 0. The Bertz CT molecular complexity index is 667. The first-order valence-electron chi connectivity index (χ1n) is 5.31. The molecule has 3 nitrogen and oxygen atoms in total. The van der Waals surface area contributed by atoms with E-state index >= 15 is 0 Å². The van der Waals surface area contributed by atoms with Crippen LogP contribution in [-0.4, -0.2) is 4.98 Å². The summed E-state index contributed by atoms with van der Waals surface area (Å²) in [6.45, 7) is 1.87. The number of nitriles is 1. The van der Waals surface area contributed by atoms with Crippen molar-refractivity contribution in [1.29, 1.82) is 5.26 Å². The summed E-state index contributed by atoms with van der Waals surface area (Å²) in [5.74, 6) is 0. The summed E-state index contributed by atoms with van der Waals surface area (Å²) >= 11 is 6.00. The van der Waals surface area contributed by atoms with Crippen LogP contribution < -0.4 is 5.56 Å². The molecular formula is C13H11ClN2O.